The van der Waals surface area contributed by atoms with Gasteiger partial charge in [0, 0.05) is 10.7 Å². The first-order valence-corrected chi connectivity index (χ1v) is 11.0. The van der Waals surface area contributed by atoms with E-state index >= 15 is 0 Å². The fourth-order valence-corrected chi connectivity index (χ4v) is 4.65. The maximum absolute atomic E-state index is 13.5. The molecule has 29 heavy (non-hydrogen) atoms. The number of aromatic nitrogens is 2. The van der Waals surface area contributed by atoms with Crippen molar-refractivity contribution >= 4 is 48.5 Å². The summed E-state index contributed by atoms with van der Waals surface area (Å²) < 4.78 is 1.84. The van der Waals surface area contributed by atoms with Crippen LogP contribution in [0, 0.1) is 0 Å². The van der Waals surface area contributed by atoms with Crippen LogP contribution >= 0.6 is 27.3 Å². The van der Waals surface area contributed by atoms with Gasteiger partial charge < -0.3 is 0 Å². The Morgan fingerprint density at radius 2 is 1.86 bits per heavy atom. The van der Waals surface area contributed by atoms with Crippen LogP contribution in [0.2, 0.25) is 0 Å². The molecular formula is C23H20BrN3OS. The fourth-order valence-electron chi connectivity index (χ4n) is 3.20. The first kappa shape index (κ1) is 19.7. The second-order valence-electron chi connectivity index (χ2n) is 7.04. The Labute approximate surface area is 182 Å². The molecule has 0 aliphatic carbocycles. The van der Waals surface area contributed by atoms with Crippen LogP contribution in [0.15, 0.2) is 71.3 Å². The van der Waals surface area contributed by atoms with Crippen LogP contribution in [0.1, 0.15) is 41.4 Å². The van der Waals surface area contributed by atoms with E-state index in [9.17, 15) is 4.79 Å². The zero-order valence-electron chi connectivity index (χ0n) is 16.2. The highest BCUT2D eigenvalue weighted by Crippen LogP contribution is 2.35. The molecule has 1 amide bonds. The number of carbonyl (C=O) groups is 1. The van der Waals surface area contributed by atoms with E-state index in [0.717, 1.165) is 20.4 Å². The number of hydrogen-bond donors (Lipinski definition) is 0. The first-order chi connectivity index (χ1) is 14.0. The van der Waals surface area contributed by atoms with Crippen molar-refractivity contribution in [1.82, 2.24) is 9.97 Å². The number of pyridine rings is 1. The molecule has 0 atom stereocenters. The van der Waals surface area contributed by atoms with Crippen molar-refractivity contribution in [3.63, 3.8) is 0 Å². The molecule has 4 nitrogen and oxygen atoms in total. The van der Waals surface area contributed by atoms with Gasteiger partial charge in [-0.1, -0.05) is 55.5 Å². The van der Waals surface area contributed by atoms with Gasteiger partial charge >= 0.3 is 0 Å². The number of benzene rings is 2. The Morgan fingerprint density at radius 3 is 2.59 bits per heavy atom. The van der Waals surface area contributed by atoms with Gasteiger partial charge in [-0.25, -0.2) is 4.98 Å². The number of nitrogens with zero attached hydrogens (tertiary/aromatic N) is 3. The lowest BCUT2D eigenvalue weighted by Crippen LogP contribution is -2.31. The van der Waals surface area contributed by atoms with E-state index < -0.39 is 0 Å². The van der Waals surface area contributed by atoms with E-state index in [4.69, 9.17) is 4.98 Å². The predicted octanol–water partition coefficient (Wildman–Crippen LogP) is 6.42. The zero-order chi connectivity index (χ0) is 20.4. The van der Waals surface area contributed by atoms with Crippen LogP contribution in [0.25, 0.3) is 10.2 Å². The topological polar surface area (TPSA) is 46.1 Å². The quantitative estimate of drug-likeness (QED) is 0.341. The molecule has 146 valence electrons. The molecule has 0 unspecified atom stereocenters. The molecule has 4 rings (SSSR count). The molecule has 6 heteroatoms. The van der Waals surface area contributed by atoms with Crippen molar-refractivity contribution in [3.05, 3.63) is 88.2 Å². The molecule has 0 saturated heterocycles. The van der Waals surface area contributed by atoms with Crippen molar-refractivity contribution in [2.45, 2.75) is 26.3 Å². The number of fused-ring (bicyclic) bond motifs is 1. The molecule has 2 heterocycles. The lowest BCUT2D eigenvalue weighted by Gasteiger charge is -2.20. The van der Waals surface area contributed by atoms with Gasteiger partial charge in [0.25, 0.3) is 5.91 Å². The SMILES string of the molecule is CC(C)c1cccc2sc(N(Cc3ccccn3)C(=O)c3ccccc3Br)nc12. The number of thiazole rings is 1. The summed E-state index contributed by atoms with van der Waals surface area (Å²) in [6, 6.07) is 19.4. The number of para-hydroxylation sites is 1. The van der Waals surface area contributed by atoms with Gasteiger partial charge in [-0.15, -0.1) is 0 Å². The van der Waals surface area contributed by atoms with Gasteiger partial charge in [0.15, 0.2) is 5.13 Å². The monoisotopic (exact) mass is 465 g/mol. The van der Waals surface area contributed by atoms with E-state index in [1.807, 2.05) is 42.5 Å². The van der Waals surface area contributed by atoms with E-state index in [2.05, 4.69) is 53.0 Å². The summed E-state index contributed by atoms with van der Waals surface area (Å²) >= 11 is 5.04. The third-order valence-corrected chi connectivity index (χ3v) is 6.42. The maximum atomic E-state index is 13.5. The van der Waals surface area contributed by atoms with Crippen LogP contribution < -0.4 is 4.90 Å². The lowest BCUT2D eigenvalue weighted by atomic mass is 10.0. The summed E-state index contributed by atoms with van der Waals surface area (Å²) in [5.74, 6) is 0.255. The molecule has 0 aliphatic heterocycles. The van der Waals surface area contributed by atoms with Gasteiger partial charge in [0.1, 0.15) is 0 Å². The summed E-state index contributed by atoms with van der Waals surface area (Å²) in [6.45, 7) is 4.68. The molecule has 0 fully saturated rings. The average molecular weight is 466 g/mol. The summed E-state index contributed by atoms with van der Waals surface area (Å²) in [5, 5.41) is 0.680. The number of carbonyl (C=O) groups excluding carboxylic acids is 1. The smallest absolute Gasteiger partial charge is 0.261 e. The van der Waals surface area contributed by atoms with Gasteiger partial charge in [0.05, 0.1) is 28.0 Å². The largest absolute Gasteiger partial charge is 0.278 e. The number of anilines is 1. The van der Waals surface area contributed by atoms with E-state index in [-0.39, 0.29) is 5.91 Å². The van der Waals surface area contributed by atoms with Crippen molar-refractivity contribution in [2.24, 2.45) is 0 Å². The third-order valence-electron chi connectivity index (χ3n) is 4.69. The van der Waals surface area contributed by atoms with Crippen molar-refractivity contribution in [3.8, 4) is 0 Å². The highest BCUT2D eigenvalue weighted by Gasteiger charge is 2.24. The average Bonchev–Trinajstić information content (AvgIpc) is 3.16. The Hall–Kier alpha value is -2.57. The second kappa shape index (κ2) is 8.43. The van der Waals surface area contributed by atoms with Gasteiger partial charge in [-0.05, 0) is 57.7 Å². The van der Waals surface area contributed by atoms with Crippen LogP contribution in [0.3, 0.4) is 0 Å². The van der Waals surface area contributed by atoms with E-state index in [1.165, 1.54) is 16.9 Å². The zero-order valence-corrected chi connectivity index (χ0v) is 18.6. The van der Waals surface area contributed by atoms with E-state index in [1.54, 1.807) is 11.1 Å². The molecule has 0 aliphatic rings. The van der Waals surface area contributed by atoms with Crippen molar-refractivity contribution < 1.29 is 4.79 Å². The highest BCUT2D eigenvalue weighted by atomic mass is 79.9. The molecule has 0 bridgehead atoms. The Morgan fingerprint density at radius 1 is 1.07 bits per heavy atom. The number of halogens is 1. The first-order valence-electron chi connectivity index (χ1n) is 9.40. The van der Waals surface area contributed by atoms with Crippen LogP contribution in [0.5, 0.6) is 0 Å². The number of rotatable bonds is 5. The summed E-state index contributed by atoms with van der Waals surface area (Å²) in [4.78, 5) is 24.5. The Kier molecular flexibility index (Phi) is 5.74. The maximum Gasteiger partial charge on any atom is 0.261 e. The number of amides is 1. The van der Waals surface area contributed by atoms with Crippen LogP contribution in [-0.4, -0.2) is 15.9 Å². The molecule has 4 aromatic rings. The van der Waals surface area contributed by atoms with Crippen LogP contribution in [-0.2, 0) is 6.54 Å². The normalized spacial score (nSPS) is 11.2. The summed E-state index contributed by atoms with van der Waals surface area (Å²) in [6.07, 6.45) is 1.74. The molecule has 0 N–H and O–H groups in total. The number of hydrogen-bond acceptors (Lipinski definition) is 4. The predicted molar refractivity (Wildman–Crippen MR) is 123 cm³/mol. The van der Waals surface area contributed by atoms with Crippen molar-refractivity contribution in [2.75, 3.05) is 4.90 Å². The van der Waals surface area contributed by atoms with E-state index in [0.29, 0.717) is 23.2 Å². The fraction of sp³-hybridized carbons (Fsp3) is 0.174. The summed E-state index contributed by atoms with van der Waals surface area (Å²) in [5.41, 5.74) is 3.58. The molecule has 2 aromatic carbocycles. The Bertz CT molecular complexity index is 1160. The highest BCUT2D eigenvalue weighted by molar-refractivity contribution is 9.10. The molecular weight excluding hydrogens is 446 g/mol. The molecule has 0 spiro atoms. The molecule has 2 aromatic heterocycles. The minimum atomic E-state index is -0.103. The third kappa shape index (κ3) is 4.09. The summed E-state index contributed by atoms with van der Waals surface area (Å²) in [7, 11) is 0. The Balaban J connectivity index is 1.82. The second-order valence-corrected chi connectivity index (χ2v) is 8.90. The molecule has 0 radical (unpaired) electrons. The van der Waals surface area contributed by atoms with Gasteiger partial charge in [-0.3, -0.25) is 14.7 Å². The van der Waals surface area contributed by atoms with Gasteiger partial charge in [-0.2, -0.15) is 0 Å². The standard InChI is InChI=1S/C23H20BrN3OS/c1-15(2)17-10-7-12-20-21(17)26-23(29-20)27(14-16-8-5-6-13-25-16)22(28)18-9-3-4-11-19(18)24/h3-13,15H,14H2,1-2H3. The van der Waals surface area contributed by atoms with Crippen LogP contribution in [0.4, 0.5) is 5.13 Å². The molecule has 0 saturated carbocycles. The van der Waals surface area contributed by atoms with Gasteiger partial charge in [0.2, 0.25) is 0 Å². The minimum Gasteiger partial charge on any atom is -0.278 e. The lowest BCUT2D eigenvalue weighted by molar-refractivity contribution is 0.0984. The van der Waals surface area contributed by atoms with Crippen molar-refractivity contribution in [1.29, 1.82) is 0 Å². The minimum absolute atomic E-state index is 0.103.